The van der Waals surface area contributed by atoms with E-state index in [0.29, 0.717) is 11.3 Å². The summed E-state index contributed by atoms with van der Waals surface area (Å²) in [4.78, 5) is 18.2. The average Bonchev–Trinajstić information content (AvgIpc) is 2.56. The van der Waals surface area contributed by atoms with Crippen molar-refractivity contribution in [2.24, 2.45) is 0 Å². The second-order valence-electron chi connectivity index (χ2n) is 5.61. The van der Waals surface area contributed by atoms with Crippen LogP contribution in [0.2, 0.25) is 0 Å². The number of ether oxygens (including phenoxy) is 1. The lowest BCUT2D eigenvalue weighted by atomic mass is 9.98. The third-order valence-electron chi connectivity index (χ3n) is 3.93. The second-order valence-corrected chi connectivity index (χ2v) is 5.61. The summed E-state index contributed by atoms with van der Waals surface area (Å²) >= 11 is 0. The van der Waals surface area contributed by atoms with Crippen LogP contribution in [0.5, 0.6) is 0 Å². The second kappa shape index (κ2) is 7.09. The number of aldehydes is 1. The van der Waals surface area contributed by atoms with Crippen LogP contribution in [0.3, 0.4) is 0 Å². The molecule has 0 aliphatic rings. The summed E-state index contributed by atoms with van der Waals surface area (Å²) in [5.41, 5.74) is 4.20. The summed E-state index contributed by atoms with van der Waals surface area (Å²) in [6.45, 7) is 4.00. The summed E-state index contributed by atoms with van der Waals surface area (Å²) in [5.74, 6) is 0.530. The highest BCUT2D eigenvalue weighted by atomic mass is 16.5. The molecule has 1 heterocycles. The number of rotatable bonds is 5. The lowest BCUT2D eigenvalue weighted by Crippen LogP contribution is -2.09. The van der Waals surface area contributed by atoms with Crippen LogP contribution in [0.4, 0.5) is 0 Å². The van der Waals surface area contributed by atoms with E-state index < -0.39 is 0 Å². The maximum Gasteiger partial charge on any atom is 0.154 e. The standard InChI is InChI=1S/C19H22N2O2/c1-13-8-9-16(19-15(13)7-6-10-20-19)17(12-22)18(23-5)11-14(2)21(3)4/h6-12H,1-5H3/b14-11-,18-17-. The van der Waals surface area contributed by atoms with Crippen LogP contribution >= 0.6 is 0 Å². The normalized spacial score (nSPS) is 12.8. The average molecular weight is 310 g/mol. The molecule has 0 unspecified atom stereocenters. The van der Waals surface area contributed by atoms with Gasteiger partial charge in [-0.1, -0.05) is 18.2 Å². The fourth-order valence-electron chi connectivity index (χ4n) is 2.35. The molecule has 0 atom stereocenters. The molecule has 0 N–H and O–H groups in total. The Balaban J connectivity index is 2.75. The molecule has 0 fully saturated rings. The molecule has 0 amide bonds. The summed E-state index contributed by atoms with van der Waals surface area (Å²) in [5, 5.41) is 1.04. The highest BCUT2D eigenvalue weighted by molar-refractivity contribution is 6.13. The molecule has 4 nitrogen and oxygen atoms in total. The Hall–Kier alpha value is -2.62. The number of hydrogen-bond acceptors (Lipinski definition) is 4. The van der Waals surface area contributed by atoms with E-state index in [0.717, 1.165) is 34.0 Å². The number of fused-ring (bicyclic) bond motifs is 1. The fraction of sp³-hybridized carbons (Fsp3) is 0.263. The number of aromatic nitrogens is 1. The lowest BCUT2D eigenvalue weighted by Gasteiger charge is -2.15. The Morgan fingerprint density at radius 2 is 2.00 bits per heavy atom. The molecule has 2 aromatic rings. The lowest BCUT2D eigenvalue weighted by molar-refractivity contribution is -0.103. The Labute approximate surface area is 137 Å². The van der Waals surface area contributed by atoms with Gasteiger partial charge in [-0.05, 0) is 31.6 Å². The van der Waals surface area contributed by atoms with Gasteiger partial charge in [-0.15, -0.1) is 0 Å². The van der Waals surface area contributed by atoms with Crippen LogP contribution in [0.15, 0.2) is 48.0 Å². The topological polar surface area (TPSA) is 42.4 Å². The van der Waals surface area contributed by atoms with Crippen LogP contribution < -0.4 is 0 Å². The largest absolute Gasteiger partial charge is 0.496 e. The molecule has 1 aromatic heterocycles. The molecule has 4 heteroatoms. The predicted molar refractivity (Wildman–Crippen MR) is 93.9 cm³/mol. The molecular weight excluding hydrogens is 288 g/mol. The van der Waals surface area contributed by atoms with Gasteiger partial charge in [-0.25, -0.2) is 0 Å². The van der Waals surface area contributed by atoms with E-state index in [2.05, 4.69) is 4.98 Å². The van der Waals surface area contributed by atoms with Gasteiger partial charge in [-0.3, -0.25) is 9.78 Å². The molecule has 0 radical (unpaired) electrons. The smallest absolute Gasteiger partial charge is 0.154 e. The van der Waals surface area contributed by atoms with Crippen LogP contribution in [0, 0.1) is 6.92 Å². The van der Waals surface area contributed by atoms with E-state index in [1.54, 1.807) is 13.3 Å². The summed E-state index contributed by atoms with van der Waals surface area (Å²) in [6, 6.07) is 7.83. The van der Waals surface area contributed by atoms with Crippen molar-refractivity contribution >= 4 is 22.8 Å². The highest BCUT2D eigenvalue weighted by Crippen LogP contribution is 2.28. The number of aryl methyl sites for hydroxylation is 1. The van der Waals surface area contributed by atoms with Gasteiger partial charge < -0.3 is 9.64 Å². The molecule has 120 valence electrons. The van der Waals surface area contributed by atoms with Crippen LogP contribution in [-0.2, 0) is 9.53 Å². The van der Waals surface area contributed by atoms with E-state index in [1.165, 1.54) is 0 Å². The van der Waals surface area contributed by atoms with Crippen molar-refractivity contribution in [3.63, 3.8) is 0 Å². The fourth-order valence-corrected chi connectivity index (χ4v) is 2.35. The molecule has 0 bridgehead atoms. The number of hydrogen-bond donors (Lipinski definition) is 0. The minimum absolute atomic E-state index is 0.498. The number of benzene rings is 1. The Morgan fingerprint density at radius 3 is 2.61 bits per heavy atom. The summed E-state index contributed by atoms with van der Waals surface area (Å²) in [7, 11) is 5.47. The van der Waals surface area contributed by atoms with Crippen molar-refractivity contribution in [2.75, 3.05) is 21.2 Å². The Bertz CT molecular complexity index is 789. The molecule has 2 rings (SSSR count). The van der Waals surface area contributed by atoms with E-state index in [-0.39, 0.29) is 0 Å². The highest BCUT2D eigenvalue weighted by Gasteiger charge is 2.14. The molecule has 0 saturated carbocycles. The number of methoxy groups -OCH3 is 1. The van der Waals surface area contributed by atoms with Crippen LogP contribution in [0.25, 0.3) is 16.5 Å². The van der Waals surface area contributed by atoms with Crippen molar-refractivity contribution in [1.29, 1.82) is 0 Å². The van der Waals surface area contributed by atoms with Crippen LogP contribution in [0.1, 0.15) is 18.1 Å². The van der Waals surface area contributed by atoms with E-state index >= 15 is 0 Å². The summed E-state index contributed by atoms with van der Waals surface area (Å²) in [6.07, 6.45) is 4.43. The number of nitrogens with zero attached hydrogens (tertiary/aromatic N) is 2. The zero-order valence-corrected chi connectivity index (χ0v) is 14.3. The van der Waals surface area contributed by atoms with E-state index in [4.69, 9.17) is 4.74 Å². The molecule has 0 aliphatic carbocycles. The predicted octanol–water partition coefficient (Wildman–Crippen LogP) is 3.57. The first kappa shape index (κ1) is 16.7. The zero-order chi connectivity index (χ0) is 17.0. The first-order valence-electron chi connectivity index (χ1n) is 7.43. The Morgan fingerprint density at radius 1 is 1.26 bits per heavy atom. The van der Waals surface area contributed by atoms with Gasteiger partial charge >= 0.3 is 0 Å². The number of carbonyl (C=O) groups is 1. The minimum atomic E-state index is 0.498. The number of allylic oxidation sites excluding steroid dienone is 3. The third kappa shape index (κ3) is 3.42. The van der Waals surface area contributed by atoms with Crippen molar-refractivity contribution in [3.8, 4) is 0 Å². The third-order valence-corrected chi connectivity index (χ3v) is 3.93. The van der Waals surface area contributed by atoms with Gasteiger partial charge in [0, 0.05) is 36.9 Å². The van der Waals surface area contributed by atoms with Gasteiger partial charge in [0.15, 0.2) is 6.29 Å². The minimum Gasteiger partial charge on any atom is -0.496 e. The van der Waals surface area contributed by atoms with Gasteiger partial charge in [0.05, 0.1) is 18.2 Å². The van der Waals surface area contributed by atoms with Crippen molar-refractivity contribution < 1.29 is 9.53 Å². The molecule has 0 aliphatic heterocycles. The SMILES string of the molecule is COC(/C=C(/C)N(C)C)=C(/C=O)c1ccc(C)c2cccnc12. The molecule has 23 heavy (non-hydrogen) atoms. The van der Waals surface area contributed by atoms with Crippen molar-refractivity contribution in [2.45, 2.75) is 13.8 Å². The zero-order valence-electron chi connectivity index (χ0n) is 14.3. The maximum absolute atomic E-state index is 11.8. The quantitative estimate of drug-likeness (QED) is 0.366. The van der Waals surface area contributed by atoms with Gasteiger partial charge in [0.2, 0.25) is 0 Å². The van der Waals surface area contributed by atoms with E-state index in [9.17, 15) is 4.79 Å². The van der Waals surface area contributed by atoms with Gasteiger partial charge in [-0.2, -0.15) is 0 Å². The monoisotopic (exact) mass is 310 g/mol. The maximum atomic E-state index is 11.8. The van der Waals surface area contributed by atoms with Crippen LogP contribution in [-0.4, -0.2) is 37.4 Å². The number of carbonyl (C=O) groups excluding carboxylic acids is 1. The van der Waals surface area contributed by atoms with Crippen molar-refractivity contribution in [3.05, 3.63) is 59.1 Å². The molecule has 1 aromatic carbocycles. The first-order chi connectivity index (χ1) is 11.0. The molecule has 0 saturated heterocycles. The molecular formula is C19H22N2O2. The summed E-state index contributed by atoms with van der Waals surface area (Å²) < 4.78 is 5.48. The number of pyridine rings is 1. The Kier molecular flexibility index (Phi) is 5.16. The van der Waals surface area contributed by atoms with Gasteiger partial charge in [0.1, 0.15) is 5.76 Å². The van der Waals surface area contributed by atoms with Gasteiger partial charge in [0.25, 0.3) is 0 Å². The molecule has 0 spiro atoms. The first-order valence-corrected chi connectivity index (χ1v) is 7.43. The van der Waals surface area contributed by atoms with Crippen molar-refractivity contribution in [1.82, 2.24) is 9.88 Å². The van der Waals surface area contributed by atoms with E-state index in [1.807, 2.05) is 63.2 Å².